The van der Waals surface area contributed by atoms with Gasteiger partial charge in [-0.05, 0) is 44.9 Å². The molecule has 1 aliphatic heterocycles. The number of nitrogens with two attached hydrogens (primary N) is 1. The van der Waals surface area contributed by atoms with Crippen LogP contribution >= 0.6 is 0 Å². The molecule has 3 atom stereocenters. The second kappa shape index (κ2) is 5.57. The lowest BCUT2D eigenvalue weighted by molar-refractivity contribution is -0.130. The van der Waals surface area contributed by atoms with Crippen LogP contribution in [0, 0.1) is 11.8 Å². The summed E-state index contributed by atoms with van der Waals surface area (Å²) >= 11 is 0. The zero-order chi connectivity index (χ0) is 13.2. The van der Waals surface area contributed by atoms with Gasteiger partial charge in [-0.1, -0.05) is 6.92 Å². The van der Waals surface area contributed by atoms with E-state index in [1.165, 1.54) is 0 Å². The predicted octanol–water partition coefficient (Wildman–Crippen LogP) is 1.44. The van der Waals surface area contributed by atoms with Crippen LogP contribution in [0.15, 0.2) is 0 Å². The van der Waals surface area contributed by atoms with Gasteiger partial charge in [0.15, 0.2) is 0 Å². The third kappa shape index (κ3) is 3.23. The lowest BCUT2D eigenvalue weighted by atomic mass is 9.77. The smallest absolute Gasteiger partial charge is 0.223 e. The molecule has 2 rings (SSSR count). The van der Waals surface area contributed by atoms with Crippen molar-refractivity contribution in [1.82, 2.24) is 5.32 Å². The predicted molar refractivity (Wildman–Crippen MR) is 71.1 cm³/mol. The Labute approximate surface area is 110 Å². The van der Waals surface area contributed by atoms with Crippen molar-refractivity contribution in [2.24, 2.45) is 17.6 Å². The Balaban J connectivity index is 1.93. The van der Waals surface area contributed by atoms with Crippen molar-refractivity contribution in [3.8, 4) is 0 Å². The van der Waals surface area contributed by atoms with E-state index < -0.39 is 0 Å². The Morgan fingerprint density at radius 1 is 1.33 bits per heavy atom. The third-order valence-corrected chi connectivity index (χ3v) is 4.59. The monoisotopic (exact) mass is 254 g/mol. The quantitative estimate of drug-likeness (QED) is 0.783. The number of amides is 1. The molecule has 1 aliphatic carbocycles. The van der Waals surface area contributed by atoms with Gasteiger partial charge in [0.05, 0.1) is 0 Å². The molecular weight excluding hydrogens is 228 g/mol. The third-order valence-electron chi connectivity index (χ3n) is 4.59. The Morgan fingerprint density at radius 2 is 2.00 bits per heavy atom. The van der Waals surface area contributed by atoms with E-state index in [2.05, 4.69) is 19.2 Å². The minimum Gasteiger partial charge on any atom is -0.381 e. The fourth-order valence-corrected chi connectivity index (χ4v) is 3.06. The zero-order valence-electron chi connectivity index (χ0n) is 11.6. The minimum absolute atomic E-state index is 0.0867. The molecule has 1 saturated heterocycles. The van der Waals surface area contributed by atoms with Crippen molar-refractivity contribution in [3.05, 3.63) is 0 Å². The summed E-state index contributed by atoms with van der Waals surface area (Å²) in [6.07, 6.45) is 4.77. The number of carbonyl (C=O) groups is 1. The molecule has 3 unspecified atom stereocenters. The van der Waals surface area contributed by atoms with Gasteiger partial charge >= 0.3 is 0 Å². The van der Waals surface area contributed by atoms with Crippen LogP contribution in [0.5, 0.6) is 0 Å². The molecule has 0 aromatic heterocycles. The highest BCUT2D eigenvalue weighted by molar-refractivity contribution is 5.79. The topological polar surface area (TPSA) is 64.4 Å². The van der Waals surface area contributed by atoms with Gasteiger partial charge in [0.2, 0.25) is 5.91 Å². The molecule has 104 valence electrons. The average molecular weight is 254 g/mol. The second-order valence-corrected chi connectivity index (χ2v) is 6.32. The van der Waals surface area contributed by atoms with E-state index >= 15 is 0 Å². The summed E-state index contributed by atoms with van der Waals surface area (Å²) in [6, 6.07) is 0.194. The van der Waals surface area contributed by atoms with E-state index in [4.69, 9.17) is 10.5 Å². The van der Waals surface area contributed by atoms with E-state index in [0.717, 1.165) is 45.3 Å². The minimum atomic E-state index is -0.0867. The van der Waals surface area contributed by atoms with E-state index in [9.17, 15) is 4.79 Å². The maximum atomic E-state index is 12.4. The first-order valence-electron chi connectivity index (χ1n) is 7.15. The standard InChI is InChI=1S/C14H26N2O2/c1-10-3-4-11(15)9-12(10)13(17)16-14(2)5-7-18-8-6-14/h10-12H,3-9,15H2,1-2H3,(H,16,17). The molecule has 0 aromatic carbocycles. The van der Waals surface area contributed by atoms with Crippen molar-refractivity contribution in [2.75, 3.05) is 13.2 Å². The van der Waals surface area contributed by atoms with E-state index in [-0.39, 0.29) is 23.4 Å². The lowest BCUT2D eigenvalue weighted by Gasteiger charge is -2.38. The first-order chi connectivity index (χ1) is 8.50. The van der Waals surface area contributed by atoms with Crippen molar-refractivity contribution in [2.45, 2.75) is 57.5 Å². The molecule has 0 bridgehead atoms. The van der Waals surface area contributed by atoms with Crippen molar-refractivity contribution in [1.29, 1.82) is 0 Å². The number of hydrogen-bond donors (Lipinski definition) is 2. The van der Waals surface area contributed by atoms with Crippen LogP contribution in [-0.2, 0) is 9.53 Å². The Morgan fingerprint density at radius 3 is 2.67 bits per heavy atom. The normalized spacial score (nSPS) is 36.1. The molecule has 4 heteroatoms. The lowest BCUT2D eigenvalue weighted by Crippen LogP contribution is -2.53. The van der Waals surface area contributed by atoms with Gasteiger partial charge in [-0.15, -0.1) is 0 Å². The molecule has 4 nitrogen and oxygen atoms in total. The largest absolute Gasteiger partial charge is 0.381 e. The number of carbonyl (C=O) groups excluding carboxylic acids is 1. The zero-order valence-corrected chi connectivity index (χ0v) is 11.6. The van der Waals surface area contributed by atoms with Gasteiger partial charge in [0.25, 0.3) is 0 Å². The van der Waals surface area contributed by atoms with Crippen LogP contribution in [-0.4, -0.2) is 30.7 Å². The SMILES string of the molecule is CC1CCC(N)CC1C(=O)NC1(C)CCOCC1. The summed E-state index contributed by atoms with van der Waals surface area (Å²) < 4.78 is 5.36. The summed E-state index contributed by atoms with van der Waals surface area (Å²) in [5.41, 5.74) is 5.90. The van der Waals surface area contributed by atoms with Crippen LogP contribution in [0.25, 0.3) is 0 Å². The molecule has 0 aromatic rings. The maximum absolute atomic E-state index is 12.4. The summed E-state index contributed by atoms with van der Waals surface area (Å²) in [7, 11) is 0. The van der Waals surface area contributed by atoms with Crippen LogP contribution in [0.4, 0.5) is 0 Å². The molecule has 2 aliphatic rings. The second-order valence-electron chi connectivity index (χ2n) is 6.32. The molecule has 2 fully saturated rings. The van der Waals surface area contributed by atoms with Crippen LogP contribution in [0.3, 0.4) is 0 Å². The first-order valence-corrected chi connectivity index (χ1v) is 7.15. The van der Waals surface area contributed by atoms with Gasteiger partial charge < -0.3 is 15.8 Å². The average Bonchev–Trinajstić information content (AvgIpc) is 2.32. The Bertz CT molecular complexity index is 300. The summed E-state index contributed by atoms with van der Waals surface area (Å²) in [5.74, 6) is 0.740. The van der Waals surface area contributed by atoms with E-state index in [1.807, 2.05) is 0 Å². The Kier molecular flexibility index (Phi) is 4.28. The molecule has 1 amide bonds. The van der Waals surface area contributed by atoms with Gasteiger partial charge in [-0.3, -0.25) is 4.79 Å². The number of nitrogens with one attached hydrogen (secondary N) is 1. The van der Waals surface area contributed by atoms with Gasteiger partial charge in [-0.2, -0.15) is 0 Å². The van der Waals surface area contributed by atoms with Gasteiger partial charge in [0, 0.05) is 30.7 Å². The van der Waals surface area contributed by atoms with Crippen molar-refractivity contribution in [3.63, 3.8) is 0 Å². The number of ether oxygens (including phenoxy) is 1. The number of rotatable bonds is 2. The van der Waals surface area contributed by atoms with Crippen LogP contribution < -0.4 is 11.1 Å². The van der Waals surface area contributed by atoms with Crippen molar-refractivity contribution < 1.29 is 9.53 Å². The maximum Gasteiger partial charge on any atom is 0.223 e. The summed E-state index contributed by atoms with van der Waals surface area (Å²) in [5, 5.41) is 3.24. The molecule has 0 spiro atoms. The molecule has 0 radical (unpaired) electrons. The molecule has 18 heavy (non-hydrogen) atoms. The summed E-state index contributed by atoms with van der Waals surface area (Å²) in [6.45, 7) is 5.79. The van der Waals surface area contributed by atoms with E-state index in [0.29, 0.717) is 5.92 Å². The highest BCUT2D eigenvalue weighted by Gasteiger charge is 2.35. The molecule has 1 heterocycles. The van der Waals surface area contributed by atoms with Crippen LogP contribution in [0.1, 0.15) is 46.0 Å². The van der Waals surface area contributed by atoms with Crippen molar-refractivity contribution >= 4 is 5.91 Å². The highest BCUT2D eigenvalue weighted by atomic mass is 16.5. The van der Waals surface area contributed by atoms with E-state index in [1.54, 1.807) is 0 Å². The highest BCUT2D eigenvalue weighted by Crippen LogP contribution is 2.30. The molecule has 1 saturated carbocycles. The Hall–Kier alpha value is -0.610. The summed E-state index contributed by atoms with van der Waals surface area (Å²) in [4.78, 5) is 12.4. The van der Waals surface area contributed by atoms with Gasteiger partial charge in [-0.25, -0.2) is 0 Å². The molecular formula is C14H26N2O2. The first kappa shape index (κ1) is 13.8. The molecule has 3 N–H and O–H groups in total. The fraction of sp³-hybridized carbons (Fsp3) is 0.929. The fourth-order valence-electron chi connectivity index (χ4n) is 3.06. The number of hydrogen-bond acceptors (Lipinski definition) is 3. The van der Waals surface area contributed by atoms with Gasteiger partial charge in [0.1, 0.15) is 0 Å². The van der Waals surface area contributed by atoms with Crippen LogP contribution in [0.2, 0.25) is 0 Å².